The molecule has 1 aliphatic rings. The molecule has 6 heteroatoms. The SMILES string of the molecule is Cc1ccc(C(NCCC[C@@H](NC(=O)OCC2c3ccccc3-c3ccccc32)C(=O)O)(c2ccccc2)c2ccccc2)cc1. The van der Waals surface area contributed by atoms with Gasteiger partial charge < -0.3 is 15.2 Å². The molecule has 0 saturated carbocycles. The lowest BCUT2D eigenvalue weighted by atomic mass is 9.76. The number of carbonyl (C=O) groups is 2. The van der Waals surface area contributed by atoms with Crippen LogP contribution in [-0.4, -0.2) is 36.4 Å². The maximum absolute atomic E-state index is 12.9. The molecule has 6 nitrogen and oxygen atoms in total. The van der Waals surface area contributed by atoms with Crippen LogP contribution in [0.1, 0.15) is 52.1 Å². The molecule has 0 bridgehead atoms. The highest BCUT2D eigenvalue weighted by molar-refractivity contribution is 5.81. The minimum absolute atomic E-state index is 0.100. The summed E-state index contributed by atoms with van der Waals surface area (Å²) in [6.45, 7) is 2.70. The smallest absolute Gasteiger partial charge is 0.407 e. The highest BCUT2D eigenvalue weighted by Crippen LogP contribution is 2.44. The van der Waals surface area contributed by atoms with Crippen molar-refractivity contribution in [3.63, 3.8) is 0 Å². The molecule has 6 rings (SSSR count). The molecule has 0 fully saturated rings. The van der Waals surface area contributed by atoms with E-state index in [1.54, 1.807) is 0 Å². The van der Waals surface area contributed by atoms with Crippen molar-refractivity contribution in [2.24, 2.45) is 0 Å². The number of ether oxygens (including phenoxy) is 1. The Bertz CT molecular complexity index is 1700. The Morgan fingerprint density at radius 1 is 0.717 bits per heavy atom. The first kappa shape index (κ1) is 30.8. The predicted octanol–water partition coefficient (Wildman–Crippen LogP) is 7.65. The molecule has 0 aliphatic heterocycles. The summed E-state index contributed by atoms with van der Waals surface area (Å²) in [5, 5.41) is 16.4. The van der Waals surface area contributed by atoms with Gasteiger partial charge in [0.05, 0.1) is 5.54 Å². The normalized spacial score (nSPS) is 13.0. The van der Waals surface area contributed by atoms with Crippen LogP contribution in [0.4, 0.5) is 4.79 Å². The minimum Gasteiger partial charge on any atom is -0.480 e. The van der Waals surface area contributed by atoms with Gasteiger partial charge in [0.15, 0.2) is 0 Å². The van der Waals surface area contributed by atoms with Gasteiger partial charge in [-0.15, -0.1) is 0 Å². The largest absolute Gasteiger partial charge is 0.480 e. The molecule has 1 atom stereocenters. The third-order valence-electron chi connectivity index (χ3n) is 8.89. The molecular formula is C40H38N2O4. The summed E-state index contributed by atoms with van der Waals surface area (Å²) in [5.41, 5.74) is 8.23. The zero-order valence-corrected chi connectivity index (χ0v) is 25.9. The molecule has 0 saturated heterocycles. The van der Waals surface area contributed by atoms with E-state index in [-0.39, 0.29) is 18.9 Å². The lowest BCUT2D eigenvalue weighted by Gasteiger charge is -2.37. The second-order valence-electron chi connectivity index (χ2n) is 11.8. The van der Waals surface area contributed by atoms with Gasteiger partial charge >= 0.3 is 12.1 Å². The van der Waals surface area contributed by atoms with Crippen molar-refractivity contribution >= 4 is 12.1 Å². The Hall–Kier alpha value is -5.20. The fourth-order valence-corrected chi connectivity index (χ4v) is 6.61. The van der Waals surface area contributed by atoms with E-state index in [2.05, 4.69) is 90.4 Å². The number of fused-ring (bicyclic) bond motifs is 3. The maximum atomic E-state index is 12.9. The molecule has 0 heterocycles. The van der Waals surface area contributed by atoms with Crippen LogP contribution in [0.15, 0.2) is 133 Å². The fourth-order valence-electron chi connectivity index (χ4n) is 6.61. The Kier molecular flexibility index (Phi) is 9.27. The first-order valence-corrected chi connectivity index (χ1v) is 15.7. The summed E-state index contributed by atoms with van der Waals surface area (Å²) in [5.74, 6) is -1.19. The van der Waals surface area contributed by atoms with Crippen molar-refractivity contribution in [3.8, 4) is 11.1 Å². The molecular weight excluding hydrogens is 572 g/mol. The van der Waals surface area contributed by atoms with Crippen LogP contribution in [0.5, 0.6) is 0 Å². The highest BCUT2D eigenvalue weighted by atomic mass is 16.5. The molecule has 46 heavy (non-hydrogen) atoms. The topological polar surface area (TPSA) is 87.7 Å². The van der Waals surface area contributed by atoms with Crippen LogP contribution in [0.2, 0.25) is 0 Å². The van der Waals surface area contributed by atoms with Gasteiger partial charge in [0.1, 0.15) is 12.6 Å². The Morgan fingerprint density at radius 2 is 1.22 bits per heavy atom. The maximum Gasteiger partial charge on any atom is 0.407 e. The summed E-state index contributed by atoms with van der Waals surface area (Å²) in [6, 6.07) is 44.2. The third-order valence-corrected chi connectivity index (χ3v) is 8.89. The van der Waals surface area contributed by atoms with E-state index in [1.807, 2.05) is 60.7 Å². The van der Waals surface area contributed by atoms with Gasteiger partial charge in [0.2, 0.25) is 0 Å². The van der Waals surface area contributed by atoms with Crippen molar-refractivity contribution in [1.82, 2.24) is 10.6 Å². The standard InChI is InChI=1S/C40H38N2O4/c1-28-22-24-31(25-23-28)40(29-13-4-2-5-14-29,30-15-6-3-7-16-30)41-26-12-21-37(38(43)44)42-39(45)46-27-36-34-19-10-8-17-32(34)33-18-9-11-20-35(33)36/h2-11,13-20,22-25,36-37,41H,12,21,26-27H2,1H3,(H,42,45)(H,43,44)/t37-/m1/s1. The molecule has 232 valence electrons. The van der Waals surface area contributed by atoms with Crippen molar-refractivity contribution in [2.45, 2.75) is 37.3 Å². The molecule has 0 radical (unpaired) electrons. The lowest BCUT2D eigenvalue weighted by molar-refractivity contribution is -0.139. The van der Waals surface area contributed by atoms with Gasteiger partial charge in [-0.05, 0) is 65.3 Å². The Balaban J connectivity index is 1.13. The van der Waals surface area contributed by atoms with Gasteiger partial charge in [-0.2, -0.15) is 0 Å². The van der Waals surface area contributed by atoms with E-state index in [4.69, 9.17) is 4.74 Å². The first-order chi connectivity index (χ1) is 22.5. The fraction of sp³-hybridized carbons (Fsp3) is 0.200. The monoisotopic (exact) mass is 610 g/mol. The van der Waals surface area contributed by atoms with Gasteiger partial charge in [-0.3, -0.25) is 5.32 Å². The van der Waals surface area contributed by atoms with Crippen LogP contribution in [0.25, 0.3) is 11.1 Å². The van der Waals surface area contributed by atoms with Crippen LogP contribution < -0.4 is 10.6 Å². The molecule has 0 spiro atoms. The first-order valence-electron chi connectivity index (χ1n) is 15.7. The summed E-state index contributed by atoms with van der Waals surface area (Å²) >= 11 is 0. The summed E-state index contributed by atoms with van der Waals surface area (Å²) in [4.78, 5) is 25.1. The van der Waals surface area contributed by atoms with Gasteiger partial charge in [-0.1, -0.05) is 139 Å². The van der Waals surface area contributed by atoms with Crippen molar-refractivity contribution in [1.29, 1.82) is 0 Å². The zero-order valence-electron chi connectivity index (χ0n) is 25.9. The number of aliphatic carboxylic acids is 1. The molecule has 1 amide bonds. The number of hydrogen-bond donors (Lipinski definition) is 3. The van der Waals surface area contributed by atoms with Crippen molar-refractivity contribution in [3.05, 3.63) is 167 Å². The second kappa shape index (κ2) is 13.8. The number of benzene rings is 5. The van der Waals surface area contributed by atoms with Gasteiger partial charge in [-0.25, -0.2) is 9.59 Å². The van der Waals surface area contributed by atoms with Crippen LogP contribution >= 0.6 is 0 Å². The molecule has 0 unspecified atom stereocenters. The number of rotatable bonds is 12. The third kappa shape index (κ3) is 6.30. The highest BCUT2D eigenvalue weighted by Gasteiger charge is 2.36. The number of carboxylic acids is 1. The van der Waals surface area contributed by atoms with E-state index >= 15 is 0 Å². The number of nitrogens with one attached hydrogen (secondary N) is 2. The van der Waals surface area contributed by atoms with Crippen LogP contribution in [0.3, 0.4) is 0 Å². The molecule has 1 aliphatic carbocycles. The Labute approximate surface area is 270 Å². The summed E-state index contributed by atoms with van der Waals surface area (Å²) < 4.78 is 5.64. The predicted molar refractivity (Wildman–Crippen MR) is 181 cm³/mol. The summed E-state index contributed by atoms with van der Waals surface area (Å²) in [7, 11) is 0. The number of amides is 1. The zero-order chi connectivity index (χ0) is 31.9. The van der Waals surface area contributed by atoms with Gasteiger partial charge in [0, 0.05) is 5.92 Å². The summed E-state index contributed by atoms with van der Waals surface area (Å²) in [6.07, 6.45) is 0.0124. The molecule has 5 aromatic rings. The van der Waals surface area contributed by atoms with E-state index < -0.39 is 23.6 Å². The van der Waals surface area contributed by atoms with E-state index in [0.717, 1.165) is 38.9 Å². The number of carbonyl (C=O) groups excluding carboxylic acids is 1. The van der Waals surface area contributed by atoms with Gasteiger partial charge in [0.25, 0.3) is 0 Å². The average Bonchev–Trinajstić information content (AvgIpc) is 3.41. The number of aryl methyl sites for hydroxylation is 1. The number of hydrogen-bond acceptors (Lipinski definition) is 4. The second-order valence-corrected chi connectivity index (χ2v) is 11.8. The number of carboxylic acid groups (broad SMARTS) is 1. The lowest BCUT2D eigenvalue weighted by Crippen LogP contribution is -2.46. The van der Waals surface area contributed by atoms with E-state index in [0.29, 0.717) is 13.0 Å². The van der Waals surface area contributed by atoms with Crippen molar-refractivity contribution < 1.29 is 19.4 Å². The van der Waals surface area contributed by atoms with Crippen molar-refractivity contribution in [2.75, 3.05) is 13.2 Å². The average molecular weight is 611 g/mol. The molecule has 5 aromatic carbocycles. The quantitative estimate of drug-likeness (QED) is 0.0998. The minimum atomic E-state index is -1.09. The van der Waals surface area contributed by atoms with E-state index in [9.17, 15) is 14.7 Å². The van der Waals surface area contributed by atoms with E-state index in [1.165, 1.54) is 5.56 Å². The number of alkyl carbamates (subject to hydrolysis) is 1. The Morgan fingerprint density at radius 3 is 1.76 bits per heavy atom. The molecule has 3 N–H and O–H groups in total. The van der Waals surface area contributed by atoms with Crippen LogP contribution in [0, 0.1) is 6.92 Å². The molecule has 0 aromatic heterocycles. The van der Waals surface area contributed by atoms with Crippen LogP contribution in [-0.2, 0) is 15.1 Å².